The van der Waals surface area contributed by atoms with Gasteiger partial charge in [-0.05, 0) is 37.7 Å². The van der Waals surface area contributed by atoms with Crippen LogP contribution in [0.15, 0.2) is 62.3 Å². The van der Waals surface area contributed by atoms with Crippen molar-refractivity contribution in [3.63, 3.8) is 0 Å². The van der Waals surface area contributed by atoms with Crippen LogP contribution in [0, 0.1) is 36.5 Å². The first-order chi connectivity index (χ1) is 31.0. The number of phenols is 1. The molecule has 2 aliphatic rings. The number of aromatic nitrogens is 1. The summed E-state index contributed by atoms with van der Waals surface area (Å²) in [6.07, 6.45) is 5.50. The predicted octanol–water partition coefficient (Wildman–Crippen LogP) is 5.69. The second-order valence-corrected chi connectivity index (χ2v) is 17.7. The van der Waals surface area contributed by atoms with Crippen LogP contribution in [0.5, 0.6) is 17.2 Å². The molecular weight excluding hydrogens is 855 g/mol. The van der Waals surface area contributed by atoms with Crippen LogP contribution in [0.2, 0.25) is 0 Å². The van der Waals surface area contributed by atoms with Crippen molar-refractivity contribution in [2.45, 2.75) is 93.3 Å². The summed E-state index contributed by atoms with van der Waals surface area (Å²) in [5.74, 6) is -6.02. The van der Waals surface area contributed by atoms with Crippen molar-refractivity contribution in [2.75, 3.05) is 32.6 Å². The Labute approximate surface area is 381 Å². The van der Waals surface area contributed by atoms with E-state index in [0.717, 1.165) is 0 Å². The molecule has 0 fully saturated rings. The van der Waals surface area contributed by atoms with Gasteiger partial charge in [-0.15, -0.1) is 0 Å². The summed E-state index contributed by atoms with van der Waals surface area (Å²) in [6.45, 7) is 16.9. The number of benzene rings is 3. The number of hydrogen-bond acceptors (Lipinski definition) is 15. The maximum absolute atomic E-state index is 14.8. The molecule has 1 aromatic heterocycles. The maximum Gasteiger partial charge on any atom is 0.307 e. The summed E-state index contributed by atoms with van der Waals surface area (Å²) >= 11 is 0. The number of likely N-dealkylation sites (N-methyl/N-ethyl adjacent to an activating group) is 1. The van der Waals surface area contributed by atoms with Crippen molar-refractivity contribution in [2.24, 2.45) is 29.6 Å². The van der Waals surface area contributed by atoms with Crippen molar-refractivity contribution in [1.82, 2.24) is 9.88 Å². The first-order valence-corrected chi connectivity index (χ1v) is 21.8. The Morgan fingerprint density at radius 3 is 2.30 bits per heavy atom. The number of rotatable bonds is 6. The average Bonchev–Trinajstić information content (AvgIpc) is 3.53. The number of aliphatic hydroxyl groups is 2. The number of anilines is 1. The highest BCUT2D eigenvalue weighted by Gasteiger charge is 2.44. The standard InChI is InChI=1S/C49H59N3O14/c1-22-14-13-15-23(2)48(60)51-40-43(58)36-35(39-46(40)65-34-21-31(20-32(55)38(34)50-39)62-19-17-52(11)29(8)53)37-45(28(7)42(36)57)66-49(10,47(37)59)63-18-16-33(61-12)27(6)44(64-30(9)54)26(5)24(3)25(4)41(22)56/h13-16,18,20-22,24-27,33,41,44,56-57,59H,17,19H2,1-12H3,(H,51,60)/b14-13+,18-16+,23-15-/t22-,24+,25-,26+,27+,33-,41-,44-,49-/m0/s1. The molecule has 9 atom stereocenters. The van der Waals surface area contributed by atoms with Crippen LogP contribution in [-0.2, 0) is 28.6 Å². The zero-order chi connectivity index (χ0) is 48.7. The lowest BCUT2D eigenvalue weighted by Gasteiger charge is -2.39. The highest BCUT2D eigenvalue weighted by Crippen LogP contribution is 2.42. The molecule has 4 aromatic rings. The van der Waals surface area contributed by atoms with Crippen molar-refractivity contribution < 1.29 is 57.8 Å². The van der Waals surface area contributed by atoms with E-state index in [-0.39, 0.29) is 104 Å². The molecule has 17 nitrogen and oxygen atoms in total. The van der Waals surface area contributed by atoms with Crippen LogP contribution in [0.1, 0.15) is 67.9 Å². The van der Waals surface area contributed by atoms with Crippen LogP contribution in [-0.4, -0.2) is 94.4 Å². The Hall–Kier alpha value is -6.46. The molecule has 17 heteroatoms. The van der Waals surface area contributed by atoms with E-state index < -0.39 is 69.9 Å². The number of allylic oxidation sites excluding steroid dienone is 2. The third-order valence-corrected chi connectivity index (χ3v) is 13.2. The zero-order valence-electron chi connectivity index (χ0n) is 39.3. The normalized spacial score (nSPS) is 28.0. The molecule has 4 N–H and O–H groups in total. The molecule has 3 heterocycles. The van der Waals surface area contributed by atoms with Gasteiger partial charge >= 0.3 is 11.8 Å². The lowest BCUT2D eigenvalue weighted by Crippen LogP contribution is -2.43. The molecule has 0 unspecified atom stereocenters. The van der Waals surface area contributed by atoms with Gasteiger partial charge in [0.2, 0.25) is 16.8 Å². The molecule has 2 amide bonds. The molecule has 2 aliphatic heterocycles. The number of carbonyl (C=O) groups is 3. The maximum atomic E-state index is 14.8. The number of nitrogens with zero attached hydrogens (tertiary/aromatic N) is 2. The number of amides is 2. The topological polar surface area (TPSA) is 233 Å². The summed E-state index contributed by atoms with van der Waals surface area (Å²) in [7, 11) is 3.09. The second-order valence-electron chi connectivity index (χ2n) is 17.7. The van der Waals surface area contributed by atoms with E-state index in [0.29, 0.717) is 0 Å². The molecule has 0 radical (unpaired) electrons. The number of phenolic OH excluding ortho intramolecular Hbond substituents is 1. The van der Waals surface area contributed by atoms with Gasteiger partial charge in [0.05, 0.1) is 35.6 Å². The summed E-state index contributed by atoms with van der Waals surface area (Å²) < 4.78 is 36.3. The first-order valence-electron chi connectivity index (χ1n) is 21.8. The number of esters is 1. The number of aliphatic hydroxyl groups excluding tert-OH is 2. The summed E-state index contributed by atoms with van der Waals surface area (Å²) in [5, 5.41) is 37.5. The minimum Gasteiger partial charge on any atom is -0.507 e. The van der Waals surface area contributed by atoms with Gasteiger partial charge in [0.15, 0.2) is 22.4 Å². The van der Waals surface area contributed by atoms with Crippen LogP contribution in [0.25, 0.3) is 38.7 Å². The number of hydrogen-bond donors (Lipinski definition) is 4. The molecule has 0 saturated carbocycles. The number of ether oxygens (including phenoxy) is 5. The first kappa shape index (κ1) is 49.0. The third-order valence-electron chi connectivity index (χ3n) is 13.2. The van der Waals surface area contributed by atoms with Crippen LogP contribution >= 0.6 is 0 Å². The largest absolute Gasteiger partial charge is 0.507 e. The Bertz CT molecular complexity index is 2870. The summed E-state index contributed by atoms with van der Waals surface area (Å²) in [5.41, 5.74) is -2.62. The lowest BCUT2D eigenvalue weighted by atomic mass is 9.73. The smallest absolute Gasteiger partial charge is 0.307 e. The number of nitrogens with one attached hydrogen (secondary N) is 1. The van der Waals surface area contributed by atoms with Gasteiger partial charge in [-0.3, -0.25) is 24.0 Å². The van der Waals surface area contributed by atoms with Crippen LogP contribution in [0.4, 0.5) is 5.69 Å². The van der Waals surface area contributed by atoms with Gasteiger partial charge < -0.3 is 53.6 Å². The number of carbonyl (C=O) groups excluding carboxylic acids is 3. The highest BCUT2D eigenvalue weighted by atomic mass is 16.7. The van der Waals surface area contributed by atoms with Gasteiger partial charge in [-0.25, -0.2) is 4.98 Å². The average molecular weight is 914 g/mol. The second kappa shape index (κ2) is 19.2. The van der Waals surface area contributed by atoms with E-state index in [2.05, 4.69) is 10.3 Å². The summed E-state index contributed by atoms with van der Waals surface area (Å²) in [6, 6.07) is 2.57. The lowest BCUT2D eigenvalue weighted by molar-refractivity contribution is -0.157. The van der Waals surface area contributed by atoms with Crippen LogP contribution < -0.4 is 30.9 Å². The minimum atomic E-state index is -1.98. The zero-order valence-corrected chi connectivity index (χ0v) is 39.3. The van der Waals surface area contributed by atoms with E-state index in [1.165, 1.54) is 71.1 Å². The Kier molecular flexibility index (Phi) is 14.2. The molecule has 0 aliphatic carbocycles. The molecular formula is C49H59N3O14. The fraction of sp³-hybridized carbons (Fsp3) is 0.469. The predicted molar refractivity (Wildman–Crippen MR) is 247 cm³/mol. The molecule has 354 valence electrons. The van der Waals surface area contributed by atoms with Gasteiger partial charge in [0, 0.05) is 75.4 Å². The van der Waals surface area contributed by atoms with Crippen molar-refractivity contribution in [3.8, 4) is 17.2 Å². The van der Waals surface area contributed by atoms with Crippen molar-refractivity contribution >= 4 is 62.2 Å². The fourth-order valence-electron chi connectivity index (χ4n) is 8.62. The third kappa shape index (κ3) is 9.18. The molecule has 4 bridgehead atoms. The van der Waals surface area contributed by atoms with Crippen molar-refractivity contribution in [1.29, 1.82) is 0 Å². The van der Waals surface area contributed by atoms with E-state index >= 15 is 0 Å². The van der Waals surface area contributed by atoms with Gasteiger partial charge in [-0.2, -0.15) is 0 Å². The molecule has 0 spiro atoms. The Morgan fingerprint density at radius 2 is 1.65 bits per heavy atom. The molecule has 6 rings (SSSR count). The highest BCUT2D eigenvalue weighted by molar-refractivity contribution is 6.16. The molecule has 0 saturated heterocycles. The quantitative estimate of drug-likeness (QED) is 0.103. The van der Waals surface area contributed by atoms with E-state index in [1.807, 2.05) is 34.6 Å². The SMILES string of the molecule is CO[C@H]1/C=C/O[C@@]2(C)Oc3c(C)c(O)c4c(=O)c(c5oc6cc(OCCN(C)C(C)=O)cc(=O)c6nc5c4c3=C2O)NC(=O)/C(C)=C\C=C\[C@H](C)[C@H](O)[C@@H](C)[C@@H](C)[C@@H](C)[C@H](OC(C)=O)[C@@H]1C. The van der Waals surface area contributed by atoms with E-state index in [4.69, 9.17) is 28.1 Å². The monoisotopic (exact) mass is 913 g/mol. The minimum absolute atomic E-state index is 0.0314. The number of methoxy groups -OCH3 is 1. The van der Waals surface area contributed by atoms with E-state index in [9.17, 15) is 39.3 Å². The fourth-order valence-corrected chi connectivity index (χ4v) is 8.62. The molecule has 66 heavy (non-hydrogen) atoms. The van der Waals surface area contributed by atoms with Gasteiger partial charge in [0.25, 0.3) is 5.91 Å². The Balaban J connectivity index is 1.62. The van der Waals surface area contributed by atoms with Gasteiger partial charge in [0.1, 0.15) is 41.2 Å². The van der Waals surface area contributed by atoms with Gasteiger partial charge in [-0.1, -0.05) is 52.8 Å². The Morgan fingerprint density at radius 1 is 0.955 bits per heavy atom. The molecule has 3 aromatic carbocycles. The van der Waals surface area contributed by atoms with Crippen molar-refractivity contribution in [3.05, 3.63) is 79.5 Å². The number of aromatic hydroxyl groups is 1. The summed E-state index contributed by atoms with van der Waals surface area (Å²) in [4.78, 5) is 72.8. The van der Waals surface area contributed by atoms with Crippen LogP contribution in [0.3, 0.4) is 0 Å². The van der Waals surface area contributed by atoms with E-state index in [1.54, 1.807) is 25.3 Å². The number of fused-ring (bicyclic) bond motifs is 2.